The van der Waals surface area contributed by atoms with Crippen LogP contribution in [0.25, 0.3) is 0 Å². The Morgan fingerprint density at radius 1 is 0.714 bits per heavy atom. The molecule has 28 heavy (non-hydrogen) atoms. The van der Waals surface area contributed by atoms with Gasteiger partial charge in [-0.2, -0.15) is 0 Å². The minimum atomic E-state index is -0.709. The third-order valence-electron chi connectivity index (χ3n) is 3.50. The first-order valence-electron chi connectivity index (χ1n) is 8.76. The Morgan fingerprint density at radius 2 is 1.00 bits per heavy atom. The van der Waals surface area contributed by atoms with Crippen LogP contribution in [-0.2, 0) is 28.7 Å². The first-order chi connectivity index (χ1) is 12.7. The molecule has 0 rings (SSSR count). The molecule has 0 saturated heterocycles. The maximum absolute atomic E-state index is 12.2. The SMILES string of the molecule is COC(=O)[C@H](C[Se][Se]C[C@H](NC(=O)C(C)(C)C)C(=O)OC)NC(=O)C(C)(C)C. The van der Waals surface area contributed by atoms with Gasteiger partial charge in [-0.05, 0) is 0 Å². The van der Waals surface area contributed by atoms with E-state index in [9.17, 15) is 19.2 Å². The Labute approximate surface area is 178 Å². The normalized spacial score (nSPS) is 13.9. The van der Waals surface area contributed by atoms with Crippen molar-refractivity contribution in [1.29, 1.82) is 0 Å². The molecule has 8 nitrogen and oxygen atoms in total. The van der Waals surface area contributed by atoms with Crippen LogP contribution in [0, 0.1) is 10.8 Å². The third kappa shape index (κ3) is 9.92. The zero-order valence-electron chi connectivity index (χ0n) is 17.8. The summed E-state index contributed by atoms with van der Waals surface area (Å²) >= 11 is 0.0194. The zero-order valence-corrected chi connectivity index (χ0v) is 21.3. The Kier molecular flexibility index (Phi) is 11.4. The number of carbonyl (C=O) groups is 4. The molecular weight excluding hydrogens is 498 g/mol. The summed E-state index contributed by atoms with van der Waals surface area (Å²) in [7, 11) is 2.57. The molecule has 0 heterocycles. The van der Waals surface area contributed by atoms with Crippen molar-refractivity contribution in [3.8, 4) is 0 Å². The summed E-state index contributed by atoms with van der Waals surface area (Å²) in [5, 5.41) is 6.39. The summed E-state index contributed by atoms with van der Waals surface area (Å²) < 4.78 is 9.56. The van der Waals surface area contributed by atoms with Crippen molar-refractivity contribution < 1.29 is 28.7 Å². The molecule has 2 N–H and O–H groups in total. The van der Waals surface area contributed by atoms with Gasteiger partial charge in [0, 0.05) is 0 Å². The molecule has 0 aliphatic carbocycles. The van der Waals surface area contributed by atoms with Gasteiger partial charge in [0.25, 0.3) is 0 Å². The Balaban J connectivity index is 4.79. The van der Waals surface area contributed by atoms with Crippen LogP contribution >= 0.6 is 0 Å². The van der Waals surface area contributed by atoms with Gasteiger partial charge < -0.3 is 0 Å². The predicted molar refractivity (Wildman–Crippen MR) is 108 cm³/mol. The number of nitrogens with one attached hydrogen (secondary N) is 2. The van der Waals surface area contributed by atoms with E-state index in [2.05, 4.69) is 10.6 Å². The maximum atomic E-state index is 12.2. The van der Waals surface area contributed by atoms with Crippen LogP contribution in [0.15, 0.2) is 0 Å². The Bertz CT molecular complexity index is 519. The van der Waals surface area contributed by atoms with Crippen LogP contribution in [0.1, 0.15) is 41.5 Å². The number of methoxy groups -OCH3 is 2. The monoisotopic (exact) mass is 532 g/mol. The Morgan fingerprint density at radius 3 is 1.21 bits per heavy atom. The number of hydrogen-bond donors (Lipinski definition) is 2. The number of amides is 2. The summed E-state index contributed by atoms with van der Waals surface area (Å²) in [5.74, 6) is -1.42. The fourth-order valence-corrected chi connectivity index (χ4v) is 8.56. The van der Waals surface area contributed by atoms with Crippen LogP contribution in [-0.4, -0.2) is 76.3 Å². The number of esters is 2. The minimum absolute atomic E-state index is 0.00968. The van der Waals surface area contributed by atoms with Gasteiger partial charge in [-0.3, -0.25) is 0 Å². The summed E-state index contributed by atoms with van der Waals surface area (Å²) in [6.07, 6.45) is 0. The van der Waals surface area contributed by atoms with E-state index in [1.54, 1.807) is 41.5 Å². The van der Waals surface area contributed by atoms with Crippen molar-refractivity contribution in [3.05, 3.63) is 0 Å². The summed E-state index contributed by atoms with van der Waals surface area (Å²) in [5.41, 5.74) is -1.23. The first-order valence-corrected chi connectivity index (χ1v) is 15.5. The third-order valence-corrected chi connectivity index (χ3v) is 10.6. The second kappa shape index (κ2) is 11.8. The Hall–Kier alpha value is -1.08. The topological polar surface area (TPSA) is 111 Å². The molecule has 0 bridgehead atoms. The van der Waals surface area contributed by atoms with E-state index in [4.69, 9.17) is 9.47 Å². The van der Waals surface area contributed by atoms with Gasteiger partial charge in [-0.25, -0.2) is 0 Å². The number of ether oxygens (including phenoxy) is 2. The molecule has 0 aliphatic rings. The molecule has 10 heteroatoms. The van der Waals surface area contributed by atoms with Gasteiger partial charge in [0.1, 0.15) is 0 Å². The summed E-state index contributed by atoms with van der Waals surface area (Å²) in [4.78, 5) is 48.3. The molecule has 0 aromatic rings. The van der Waals surface area contributed by atoms with Crippen molar-refractivity contribution >= 4 is 50.0 Å². The standard InChI is InChI=1S/C18H32N2O6Se2/c1-17(2,3)15(23)19-11(13(21)25-7)9-27-28-10-12(14(22)26-8)20-16(24)18(4,5)6/h11-12H,9-10H2,1-8H3,(H,19,23)(H,20,24)/t11-,12-/m0/s1. The van der Waals surface area contributed by atoms with Crippen LogP contribution in [0.2, 0.25) is 10.6 Å². The summed E-state index contributed by atoms with van der Waals surface area (Å²) in [6, 6.07) is -1.42. The molecule has 0 fully saturated rings. The van der Waals surface area contributed by atoms with E-state index in [0.717, 1.165) is 0 Å². The molecule has 0 aromatic carbocycles. The van der Waals surface area contributed by atoms with E-state index in [-0.39, 0.29) is 38.1 Å². The first kappa shape index (κ1) is 26.9. The van der Waals surface area contributed by atoms with Gasteiger partial charge >= 0.3 is 179 Å². The van der Waals surface area contributed by atoms with Crippen molar-refractivity contribution in [2.45, 2.75) is 64.3 Å². The fraction of sp³-hybridized carbons (Fsp3) is 0.778. The average Bonchev–Trinajstić information content (AvgIpc) is 2.59. The second-order valence-electron chi connectivity index (χ2n) is 8.17. The van der Waals surface area contributed by atoms with E-state index < -0.39 is 34.9 Å². The summed E-state index contributed by atoms with van der Waals surface area (Å²) in [6.45, 7) is 10.6. The number of hydrogen-bond acceptors (Lipinski definition) is 6. The van der Waals surface area contributed by atoms with Crippen LogP contribution in [0.3, 0.4) is 0 Å². The van der Waals surface area contributed by atoms with Crippen LogP contribution < -0.4 is 10.6 Å². The van der Waals surface area contributed by atoms with E-state index >= 15 is 0 Å². The van der Waals surface area contributed by atoms with E-state index in [1.807, 2.05) is 0 Å². The van der Waals surface area contributed by atoms with Crippen molar-refractivity contribution in [1.82, 2.24) is 10.6 Å². The van der Waals surface area contributed by atoms with Crippen molar-refractivity contribution in [2.24, 2.45) is 10.8 Å². The molecule has 2 atom stereocenters. The molecule has 0 aliphatic heterocycles. The van der Waals surface area contributed by atoms with Crippen LogP contribution in [0.5, 0.6) is 0 Å². The molecule has 0 radical (unpaired) electrons. The number of rotatable bonds is 9. The van der Waals surface area contributed by atoms with Gasteiger partial charge in [-0.15, -0.1) is 0 Å². The van der Waals surface area contributed by atoms with Crippen molar-refractivity contribution in [3.63, 3.8) is 0 Å². The number of carbonyl (C=O) groups excluding carboxylic acids is 4. The van der Waals surface area contributed by atoms with Gasteiger partial charge in [0.2, 0.25) is 0 Å². The zero-order chi connectivity index (χ0) is 22.1. The van der Waals surface area contributed by atoms with E-state index in [1.165, 1.54) is 14.2 Å². The fourth-order valence-electron chi connectivity index (χ4n) is 1.60. The van der Waals surface area contributed by atoms with Crippen molar-refractivity contribution in [2.75, 3.05) is 14.2 Å². The quantitative estimate of drug-likeness (QED) is 0.256. The average molecular weight is 530 g/mol. The molecule has 2 amide bonds. The molecule has 0 saturated carbocycles. The molecule has 0 aromatic heterocycles. The van der Waals surface area contributed by atoms with E-state index in [0.29, 0.717) is 10.6 Å². The van der Waals surface area contributed by atoms with Gasteiger partial charge in [0.05, 0.1) is 0 Å². The molecule has 0 unspecified atom stereocenters. The predicted octanol–water partition coefficient (Wildman–Crippen LogP) is 0.554. The molecule has 162 valence electrons. The second-order valence-corrected chi connectivity index (χ2v) is 15.7. The molecular formula is C18H32N2O6Se2. The van der Waals surface area contributed by atoms with Gasteiger partial charge in [0.15, 0.2) is 0 Å². The van der Waals surface area contributed by atoms with Crippen LogP contribution in [0.4, 0.5) is 0 Å². The molecule has 0 spiro atoms. The van der Waals surface area contributed by atoms with Gasteiger partial charge in [-0.1, -0.05) is 0 Å².